The normalized spacial score (nSPS) is 19.9. The minimum Gasteiger partial charge on any atom is -0.478 e. The second kappa shape index (κ2) is 4.45. The summed E-state index contributed by atoms with van der Waals surface area (Å²) in [5, 5.41) is 11.9. The Hall–Kier alpha value is -2.04. The molecule has 1 aromatic carbocycles. The predicted octanol–water partition coefficient (Wildman–Crippen LogP) is 0.709. The van der Waals surface area contributed by atoms with E-state index >= 15 is 0 Å². The SMILES string of the molecule is CC1C(=O)NCCN1c1ccccc1C(=O)O. The van der Waals surface area contributed by atoms with E-state index in [2.05, 4.69) is 5.32 Å². The second-order valence-electron chi connectivity index (χ2n) is 3.98. The van der Waals surface area contributed by atoms with Gasteiger partial charge in [0.05, 0.1) is 11.3 Å². The van der Waals surface area contributed by atoms with Gasteiger partial charge in [-0.2, -0.15) is 0 Å². The Morgan fingerprint density at radius 2 is 2.18 bits per heavy atom. The fourth-order valence-electron chi connectivity index (χ4n) is 2.02. The second-order valence-corrected chi connectivity index (χ2v) is 3.98. The molecule has 1 saturated heterocycles. The Bertz CT molecular complexity index is 459. The number of benzene rings is 1. The van der Waals surface area contributed by atoms with Gasteiger partial charge >= 0.3 is 5.97 Å². The monoisotopic (exact) mass is 234 g/mol. The number of aromatic carboxylic acids is 1. The number of carbonyl (C=O) groups is 2. The number of anilines is 1. The van der Waals surface area contributed by atoms with Crippen molar-refractivity contribution in [1.29, 1.82) is 0 Å². The zero-order chi connectivity index (χ0) is 12.4. The highest BCUT2D eigenvalue weighted by molar-refractivity contribution is 5.96. The lowest BCUT2D eigenvalue weighted by molar-refractivity contribution is -0.122. The lowest BCUT2D eigenvalue weighted by atomic mass is 10.1. The fraction of sp³-hybridized carbons (Fsp3) is 0.333. The molecule has 1 aliphatic rings. The number of hydrogen-bond donors (Lipinski definition) is 2. The molecule has 2 rings (SSSR count). The molecule has 1 heterocycles. The standard InChI is InChI=1S/C12H14N2O3/c1-8-11(15)13-6-7-14(8)10-5-3-2-4-9(10)12(16)17/h2-5,8H,6-7H2,1H3,(H,13,15)(H,16,17). The number of rotatable bonds is 2. The topological polar surface area (TPSA) is 69.6 Å². The molecule has 0 bridgehead atoms. The van der Waals surface area contributed by atoms with Gasteiger partial charge in [-0.05, 0) is 19.1 Å². The first kappa shape index (κ1) is 11.4. The number of nitrogens with one attached hydrogen (secondary N) is 1. The summed E-state index contributed by atoms with van der Waals surface area (Å²) in [7, 11) is 0. The van der Waals surface area contributed by atoms with E-state index in [-0.39, 0.29) is 17.5 Å². The van der Waals surface area contributed by atoms with Gasteiger partial charge in [0.1, 0.15) is 6.04 Å². The molecule has 17 heavy (non-hydrogen) atoms. The average Bonchev–Trinajstić information content (AvgIpc) is 2.33. The van der Waals surface area contributed by atoms with Crippen LogP contribution in [0.15, 0.2) is 24.3 Å². The van der Waals surface area contributed by atoms with Gasteiger partial charge in [-0.3, -0.25) is 4.79 Å². The third-order valence-corrected chi connectivity index (χ3v) is 2.94. The first-order chi connectivity index (χ1) is 8.11. The number of carboxylic acids is 1. The van der Waals surface area contributed by atoms with E-state index < -0.39 is 5.97 Å². The van der Waals surface area contributed by atoms with Crippen molar-refractivity contribution in [2.75, 3.05) is 18.0 Å². The molecule has 0 aliphatic carbocycles. The van der Waals surface area contributed by atoms with E-state index in [4.69, 9.17) is 5.11 Å². The van der Waals surface area contributed by atoms with Gasteiger partial charge in [-0.1, -0.05) is 12.1 Å². The first-order valence-electron chi connectivity index (χ1n) is 5.48. The maximum absolute atomic E-state index is 11.6. The summed E-state index contributed by atoms with van der Waals surface area (Å²) in [5.41, 5.74) is 0.830. The lowest BCUT2D eigenvalue weighted by Crippen LogP contribution is -2.54. The quantitative estimate of drug-likeness (QED) is 0.790. The van der Waals surface area contributed by atoms with Crippen molar-refractivity contribution in [2.24, 2.45) is 0 Å². The molecule has 0 aromatic heterocycles. The van der Waals surface area contributed by atoms with Crippen molar-refractivity contribution in [2.45, 2.75) is 13.0 Å². The molecular weight excluding hydrogens is 220 g/mol. The molecule has 0 radical (unpaired) electrons. The van der Waals surface area contributed by atoms with Crippen molar-refractivity contribution in [3.8, 4) is 0 Å². The van der Waals surface area contributed by atoms with Crippen LogP contribution in [0, 0.1) is 0 Å². The molecule has 90 valence electrons. The van der Waals surface area contributed by atoms with Crippen LogP contribution >= 0.6 is 0 Å². The molecule has 1 atom stereocenters. The van der Waals surface area contributed by atoms with E-state index in [1.54, 1.807) is 31.2 Å². The Labute approximate surface area is 99.0 Å². The number of carbonyl (C=O) groups excluding carboxylic acids is 1. The third kappa shape index (κ3) is 2.08. The van der Waals surface area contributed by atoms with E-state index in [1.165, 1.54) is 0 Å². The zero-order valence-corrected chi connectivity index (χ0v) is 9.51. The summed E-state index contributed by atoms with van der Waals surface area (Å²) in [6, 6.07) is 6.40. The molecule has 1 fully saturated rings. The minimum absolute atomic E-state index is 0.0727. The Balaban J connectivity index is 2.39. The van der Waals surface area contributed by atoms with Gasteiger partial charge in [0.15, 0.2) is 0 Å². The van der Waals surface area contributed by atoms with Crippen molar-refractivity contribution in [3.05, 3.63) is 29.8 Å². The molecule has 0 saturated carbocycles. The summed E-state index contributed by atoms with van der Waals surface area (Å²) in [4.78, 5) is 24.5. The number of piperazine rings is 1. The fourth-order valence-corrected chi connectivity index (χ4v) is 2.02. The van der Waals surface area contributed by atoms with Crippen molar-refractivity contribution < 1.29 is 14.7 Å². The van der Waals surface area contributed by atoms with Gasteiger partial charge < -0.3 is 15.3 Å². The molecule has 5 nitrogen and oxygen atoms in total. The molecule has 2 N–H and O–H groups in total. The number of amides is 1. The smallest absolute Gasteiger partial charge is 0.337 e. The van der Waals surface area contributed by atoms with Crippen LogP contribution in [-0.4, -0.2) is 36.1 Å². The lowest BCUT2D eigenvalue weighted by Gasteiger charge is -2.35. The summed E-state index contributed by atoms with van der Waals surface area (Å²) in [5.74, 6) is -1.05. The Kier molecular flexibility index (Phi) is 2.99. The number of para-hydroxylation sites is 1. The van der Waals surface area contributed by atoms with Crippen LogP contribution in [0.25, 0.3) is 0 Å². The van der Waals surface area contributed by atoms with Crippen LogP contribution in [0.5, 0.6) is 0 Å². The van der Waals surface area contributed by atoms with Crippen LogP contribution in [0.1, 0.15) is 17.3 Å². The van der Waals surface area contributed by atoms with Crippen molar-refractivity contribution in [1.82, 2.24) is 5.32 Å². The Morgan fingerprint density at radius 1 is 1.47 bits per heavy atom. The van der Waals surface area contributed by atoms with E-state index in [9.17, 15) is 9.59 Å². The summed E-state index contributed by atoms with van der Waals surface area (Å²) < 4.78 is 0. The van der Waals surface area contributed by atoms with Gasteiger partial charge in [0.2, 0.25) is 5.91 Å². The van der Waals surface area contributed by atoms with Gasteiger partial charge in [-0.25, -0.2) is 4.79 Å². The zero-order valence-electron chi connectivity index (χ0n) is 9.51. The van der Waals surface area contributed by atoms with Crippen LogP contribution in [0.4, 0.5) is 5.69 Å². The molecular formula is C12H14N2O3. The van der Waals surface area contributed by atoms with E-state index in [0.29, 0.717) is 18.8 Å². The molecule has 1 aromatic rings. The van der Waals surface area contributed by atoms with Gasteiger partial charge in [0.25, 0.3) is 0 Å². The molecule has 1 unspecified atom stereocenters. The molecule has 5 heteroatoms. The first-order valence-corrected chi connectivity index (χ1v) is 5.48. The van der Waals surface area contributed by atoms with E-state index in [0.717, 1.165) is 0 Å². The van der Waals surface area contributed by atoms with Crippen LogP contribution in [0.2, 0.25) is 0 Å². The maximum Gasteiger partial charge on any atom is 0.337 e. The maximum atomic E-state index is 11.6. The average molecular weight is 234 g/mol. The number of nitrogens with zero attached hydrogens (tertiary/aromatic N) is 1. The highest BCUT2D eigenvalue weighted by Crippen LogP contribution is 2.23. The largest absolute Gasteiger partial charge is 0.478 e. The van der Waals surface area contributed by atoms with Crippen molar-refractivity contribution >= 4 is 17.6 Å². The van der Waals surface area contributed by atoms with Gasteiger partial charge in [-0.15, -0.1) is 0 Å². The molecule has 1 amide bonds. The summed E-state index contributed by atoms with van der Waals surface area (Å²) in [6.07, 6.45) is 0. The Morgan fingerprint density at radius 3 is 2.88 bits per heavy atom. The summed E-state index contributed by atoms with van der Waals surface area (Å²) >= 11 is 0. The number of hydrogen-bond acceptors (Lipinski definition) is 3. The predicted molar refractivity (Wildman–Crippen MR) is 63.2 cm³/mol. The highest BCUT2D eigenvalue weighted by Gasteiger charge is 2.27. The third-order valence-electron chi connectivity index (χ3n) is 2.94. The van der Waals surface area contributed by atoms with Crippen LogP contribution < -0.4 is 10.2 Å². The highest BCUT2D eigenvalue weighted by atomic mass is 16.4. The summed E-state index contributed by atoms with van der Waals surface area (Å²) in [6.45, 7) is 2.93. The number of carboxylic acid groups (broad SMARTS) is 1. The van der Waals surface area contributed by atoms with Crippen LogP contribution in [0.3, 0.4) is 0 Å². The van der Waals surface area contributed by atoms with E-state index in [1.807, 2.05) is 4.90 Å². The van der Waals surface area contributed by atoms with Crippen LogP contribution in [-0.2, 0) is 4.79 Å². The molecule has 1 aliphatic heterocycles. The van der Waals surface area contributed by atoms with Crippen molar-refractivity contribution in [3.63, 3.8) is 0 Å². The molecule has 0 spiro atoms. The van der Waals surface area contributed by atoms with Gasteiger partial charge in [0, 0.05) is 13.1 Å². The minimum atomic E-state index is -0.973.